The maximum Gasteiger partial charge on any atom is 0.222 e. The van der Waals surface area contributed by atoms with Gasteiger partial charge in [-0.2, -0.15) is 0 Å². The molecule has 1 saturated heterocycles. The Morgan fingerprint density at radius 1 is 1.21 bits per heavy atom. The summed E-state index contributed by atoms with van der Waals surface area (Å²) in [6.07, 6.45) is 3.58. The van der Waals surface area contributed by atoms with Crippen LogP contribution in [0.25, 0.3) is 0 Å². The molecule has 2 heterocycles. The number of piperidine rings is 1. The van der Waals surface area contributed by atoms with E-state index in [1.165, 1.54) is 5.56 Å². The first kappa shape index (κ1) is 19.7. The van der Waals surface area contributed by atoms with E-state index in [0.717, 1.165) is 36.7 Å². The Bertz CT molecular complexity index is 808. The second-order valence-corrected chi connectivity index (χ2v) is 6.94. The van der Waals surface area contributed by atoms with Crippen molar-refractivity contribution in [3.63, 3.8) is 0 Å². The summed E-state index contributed by atoms with van der Waals surface area (Å²) in [6, 6.07) is 14.2. The average molecular weight is 380 g/mol. The number of nitrogens with two attached hydrogens (primary N) is 1. The molecule has 1 aliphatic rings. The first-order chi connectivity index (χ1) is 13.7. The van der Waals surface area contributed by atoms with E-state index in [1.54, 1.807) is 13.2 Å². The number of pyridine rings is 1. The molecule has 148 valence electrons. The van der Waals surface area contributed by atoms with Crippen LogP contribution in [0.3, 0.4) is 0 Å². The van der Waals surface area contributed by atoms with Gasteiger partial charge in [-0.25, -0.2) is 4.98 Å². The number of anilines is 1. The molecule has 2 aromatic rings. The van der Waals surface area contributed by atoms with Gasteiger partial charge in [0.15, 0.2) is 5.96 Å². The topological polar surface area (TPSA) is 95.6 Å². The fourth-order valence-corrected chi connectivity index (χ4v) is 3.44. The number of hydrogen-bond acceptors (Lipinski definition) is 4. The molecule has 7 nitrogen and oxygen atoms in total. The maximum absolute atomic E-state index is 11.6. The van der Waals surface area contributed by atoms with Crippen molar-refractivity contribution in [1.82, 2.24) is 15.6 Å². The minimum atomic E-state index is -0.231. The number of aliphatic imine (C=N–C) groups is 1. The van der Waals surface area contributed by atoms with Crippen molar-refractivity contribution >= 4 is 17.7 Å². The number of nitrogens with zero attached hydrogens (tertiary/aromatic N) is 3. The van der Waals surface area contributed by atoms with E-state index in [9.17, 15) is 4.79 Å². The standard InChI is InChI=1S/C21H28N6O/c1-23-21(25-13-16-7-3-2-4-8-16)26-14-17-9-5-11-24-20(17)27-12-6-10-18(15-27)19(22)28/h2-5,7-9,11,18H,6,10,12-15H2,1H3,(H2,22,28)(H2,23,25,26). The van der Waals surface area contributed by atoms with Crippen LogP contribution in [0.5, 0.6) is 0 Å². The number of aromatic nitrogens is 1. The van der Waals surface area contributed by atoms with E-state index in [2.05, 4.69) is 37.6 Å². The zero-order valence-corrected chi connectivity index (χ0v) is 16.3. The quantitative estimate of drug-likeness (QED) is 0.523. The van der Waals surface area contributed by atoms with Crippen LogP contribution in [0.15, 0.2) is 53.7 Å². The van der Waals surface area contributed by atoms with Gasteiger partial charge in [0.05, 0.1) is 5.92 Å². The third-order valence-electron chi connectivity index (χ3n) is 4.96. The number of carbonyl (C=O) groups excluding carboxylic acids is 1. The van der Waals surface area contributed by atoms with Gasteiger partial charge in [-0.3, -0.25) is 9.79 Å². The van der Waals surface area contributed by atoms with Gasteiger partial charge in [0.2, 0.25) is 5.91 Å². The summed E-state index contributed by atoms with van der Waals surface area (Å²) in [5, 5.41) is 6.67. The van der Waals surface area contributed by atoms with Gasteiger partial charge < -0.3 is 21.3 Å². The number of nitrogens with one attached hydrogen (secondary N) is 2. The number of guanidine groups is 1. The largest absolute Gasteiger partial charge is 0.369 e. The Balaban J connectivity index is 1.62. The van der Waals surface area contributed by atoms with E-state index >= 15 is 0 Å². The Morgan fingerprint density at radius 2 is 2.00 bits per heavy atom. The van der Waals surface area contributed by atoms with Gasteiger partial charge in [-0.05, 0) is 24.5 Å². The van der Waals surface area contributed by atoms with Gasteiger partial charge in [-0.1, -0.05) is 36.4 Å². The number of benzene rings is 1. The summed E-state index contributed by atoms with van der Waals surface area (Å²) >= 11 is 0. The summed E-state index contributed by atoms with van der Waals surface area (Å²) in [6.45, 7) is 2.80. The van der Waals surface area contributed by atoms with Crippen LogP contribution >= 0.6 is 0 Å². The smallest absolute Gasteiger partial charge is 0.222 e. The van der Waals surface area contributed by atoms with Gasteiger partial charge in [0.1, 0.15) is 5.82 Å². The Kier molecular flexibility index (Phi) is 6.84. The monoisotopic (exact) mass is 380 g/mol. The highest BCUT2D eigenvalue weighted by Gasteiger charge is 2.25. The fraction of sp³-hybridized carbons (Fsp3) is 0.381. The molecule has 0 aliphatic carbocycles. The average Bonchev–Trinajstić information content (AvgIpc) is 2.75. The highest BCUT2D eigenvalue weighted by atomic mass is 16.1. The highest BCUT2D eigenvalue weighted by Crippen LogP contribution is 2.24. The van der Waals surface area contributed by atoms with Crippen molar-refractivity contribution in [2.75, 3.05) is 25.0 Å². The summed E-state index contributed by atoms with van der Waals surface area (Å²) in [5.41, 5.74) is 7.78. The molecule has 1 unspecified atom stereocenters. The summed E-state index contributed by atoms with van der Waals surface area (Å²) < 4.78 is 0. The molecule has 4 N–H and O–H groups in total. The van der Waals surface area contributed by atoms with Gasteiger partial charge in [-0.15, -0.1) is 0 Å². The number of amides is 1. The second kappa shape index (κ2) is 9.73. The molecular formula is C21H28N6O. The van der Waals surface area contributed by atoms with Crippen molar-refractivity contribution in [2.24, 2.45) is 16.6 Å². The Hall–Kier alpha value is -3.09. The van der Waals surface area contributed by atoms with Crippen molar-refractivity contribution in [3.8, 4) is 0 Å². The van der Waals surface area contributed by atoms with Gasteiger partial charge >= 0.3 is 0 Å². The first-order valence-electron chi connectivity index (χ1n) is 9.64. The number of carbonyl (C=O) groups is 1. The molecule has 3 rings (SSSR count). The Morgan fingerprint density at radius 3 is 2.75 bits per heavy atom. The fourth-order valence-electron chi connectivity index (χ4n) is 3.44. The number of hydrogen-bond donors (Lipinski definition) is 3. The van der Waals surface area contributed by atoms with Crippen molar-refractivity contribution in [1.29, 1.82) is 0 Å². The molecule has 1 atom stereocenters. The normalized spacial score (nSPS) is 17.2. The lowest BCUT2D eigenvalue weighted by molar-refractivity contribution is -0.122. The van der Waals surface area contributed by atoms with Crippen LogP contribution < -0.4 is 21.3 Å². The number of primary amides is 1. The Labute approximate surface area is 166 Å². The summed E-state index contributed by atoms with van der Waals surface area (Å²) in [5.74, 6) is 1.29. The third kappa shape index (κ3) is 5.22. The van der Waals surface area contributed by atoms with Crippen LogP contribution in [0, 0.1) is 5.92 Å². The van der Waals surface area contributed by atoms with Gasteiger partial charge in [0, 0.05) is 45.0 Å². The van der Waals surface area contributed by atoms with Crippen molar-refractivity contribution in [2.45, 2.75) is 25.9 Å². The van der Waals surface area contributed by atoms with E-state index in [0.29, 0.717) is 19.6 Å². The molecule has 1 amide bonds. The van der Waals surface area contributed by atoms with Crippen LogP contribution in [0.1, 0.15) is 24.0 Å². The number of rotatable bonds is 6. The molecule has 1 aromatic heterocycles. The zero-order chi connectivity index (χ0) is 19.8. The highest BCUT2D eigenvalue weighted by molar-refractivity contribution is 5.80. The summed E-state index contributed by atoms with van der Waals surface area (Å²) in [4.78, 5) is 22.6. The van der Waals surface area contributed by atoms with E-state index < -0.39 is 0 Å². The zero-order valence-electron chi connectivity index (χ0n) is 16.3. The predicted octanol–water partition coefficient (Wildman–Crippen LogP) is 1.65. The SMILES string of the molecule is CN=C(NCc1ccccc1)NCc1cccnc1N1CCCC(C(N)=O)C1. The molecule has 0 bridgehead atoms. The molecule has 1 aliphatic heterocycles. The lowest BCUT2D eigenvalue weighted by Gasteiger charge is -2.33. The molecule has 1 aromatic carbocycles. The van der Waals surface area contributed by atoms with Crippen LogP contribution in [-0.2, 0) is 17.9 Å². The minimum Gasteiger partial charge on any atom is -0.369 e. The lowest BCUT2D eigenvalue weighted by atomic mass is 9.97. The molecule has 0 spiro atoms. The van der Waals surface area contributed by atoms with E-state index in [-0.39, 0.29) is 11.8 Å². The van der Waals surface area contributed by atoms with Crippen molar-refractivity contribution in [3.05, 3.63) is 59.8 Å². The first-order valence-corrected chi connectivity index (χ1v) is 9.64. The molecule has 1 fully saturated rings. The second-order valence-electron chi connectivity index (χ2n) is 6.94. The summed E-state index contributed by atoms with van der Waals surface area (Å²) in [7, 11) is 1.76. The van der Waals surface area contributed by atoms with E-state index in [4.69, 9.17) is 5.73 Å². The van der Waals surface area contributed by atoms with Gasteiger partial charge in [0.25, 0.3) is 0 Å². The minimum absolute atomic E-state index is 0.114. The molecular weight excluding hydrogens is 352 g/mol. The maximum atomic E-state index is 11.6. The van der Waals surface area contributed by atoms with Crippen LogP contribution in [0.2, 0.25) is 0 Å². The molecule has 7 heteroatoms. The van der Waals surface area contributed by atoms with E-state index in [1.807, 2.05) is 30.3 Å². The molecule has 0 radical (unpaired) electrons. The van der Waals surface area contributed by atoms with Crippen LogP contribution in [0.4, 0.5) is 5.82 Å². The lowest BCUT2D eigenvalue weighted by Crippen LogP contribution is -2.42. The van der Waals surface area contributed by atoms with Crippen molar-refractivity contribution < 1.29 is 4.79 Å². The molecule has 0 saturated carbocycles. The van der Waals surface area contributed by atoms with Crippen LogP contribution in [-0.4, -0.2) is 37.0 Å². The predicted molar refractivity (Wildman–Crippen MR) is 112 cm³/mol. The molecule has 28 heavy (non-hydrogen) atoms. The third-order valence-corrected chi connectivity index (χ3v) is 4.96.